The predicted octanol–water partition coefficient (Wildman–Crippen LogP) is 6.43. The molecule has 1 N–H and O–H groups in total. The normalized spacial score (nSPS) is 15.5. The Labute approximate surface area is 218 Å². The predicted molar refractivity (Wildman–Crippen MR) is 144 cm³/mol. The van der Waals surface area contributed by atoms with E-state index in [0.29, 0.717) is 40.2 Å². The number of hydrogen-bond acceptors (Lipinski definition) is 4. The van der Waals surface area contributed by atoms with Crippen LogP contribution < -0.4 is 5.32 Å². The molecule has 4 rings (SSSR count). The molecule has 0 radical (unpaired) electrons. The van der Waals surface area contributed by atoms with Crippen molar-refractivity contribution in [3.05, 3.63) is 105 Å². The van der Waals surface area contributed by atoms with E-state index >= 15 is 0 Å². The lowest BCUT2D eigenvalue weighted by Crippen LogP contribution is -2.28. The third kappa shape index (κ3) is 6.30. The molecule has 4 nitrogen and oxygen atoms in total. The van der Waals surface area contributed by atoms with Gasteiger partial charge < -0.3 is 10.2 Å². The fraction of sp³-hybridized carbons (Fsp3) is 0.231. The minimum Gasteiger partial charge on any atom is -0.351 e. The Morgan fingerprint density at radius 1 is 1.00 bits per heavy atom. The number of nitrogens with one attached hydrogen (secondary N) is 1. The molecule has 1 aliphatic rings. The van der Waals surface area contributed by atoms with Crippen LogP contribution in [0, 0.1) is 0 Å². The molecular formula is C26H24Cl2N2O2S2. The van der Waals surface area contributed by atoms with Gasteiger partial charge in [0.25, 0.3) is 5.91 Å². The van der Waals surface area contributed by atoms with Crippen LogP contribution in [0.25, 0.3) is 0 Å². The Hall–Kier alpha value is -2.12. The van der Waals surface area contributed by atoms with Crippen molar-refractivity contribution in [3.63, 3.8) is 0 Å². The zero-order chi connectivity index (χ0) is 23.9. The summed E-state index contributed by atoms with van der Waals surface area (Å²) in [5.41, 5.74) is 3.65. The van der Waals surface area contributed by atoms with Crippen molar-refractivity contribution in [1.82, 2.24) is 10.2 Å². The fourth-order valence-electron chi connectivity index (χ4n) is 3.66. The number of benzene rings is 3. The highest BCUT2D eigenvalue weighted by Gasteiger charge is 2.32. The molecule has 0 spiro atoms. The van der Waals surface area contributed by atoms with Crippen molar-refractivity contribution in [2.45, 2.75) is 17.7 Å². The van der Waals surface area contributed by atoms with Crippen LogP contribution in [-0.2, 0) is 17.1 Å². The van der Waals surface area contributed by atoms with E-state index in [9.17, 15) is 9.59 Å². The highest BCUT2D eigenvalue weighted by atomic mass is 35.5. The molecule has 0 aliphatic carbocycles. The van der Waals surface area contributed by atoms with Crippen LogP contribution >= 0.6 is 46.7 Å². The lowest BCUT2D eigenvalue weighted by atomic mass is 10.1. The quantitative estimate of drug-likeness (QED) is 0.324. The smallest absolute Gasteiger partial charge is 0.251 e. The first-order valence-electron chi connectivity index (χ1n) is 10.9. The third-order valence-corrected chi connectivity index (χ3v) is 8.41. The Morgan fingerprint density at radius 3 is 2.41 bits per heavy atom. The Bertz CT molecular complexity index is 1120. The summed E-state index contributed by atoms with van der Waals surface area (Å²) in [7, 11) is 0. The second-order valence-corrected chi connectivity index (χ2v) is 10.8. The molecule has 0 bridgehead atoms. The van der Waals surface area contributed by atoms with Gasteiger partial charge in [-0.05, 0) is 41.0 Å². The van der Waals surface area contributed by atoms with Gasteiger partial charge >= 0.3 is 0 Å². The van der Waals surface area contributed by atoms with E-state index in [-0.39, 0.29) is 17.2 Å². The maximum Gasteiger partial charge on any atom is 0.251 e. The SMILES string of the molecule is O=C(NCCSCc1c(Cl)cccc1Cl)c1ccc([C@@H]2SCC(=O)N2Cc2ccccc2)cc1. The number of halogens is 2. The Kier molecular flexibility index (Phi) is 8.84. The highest BCUT2D eigenvalue weighted by molar-refractivity contribution is 8.00. The highest BCUT2D eigenvalue weighted by Crippen LogP contribution is 2.39. The number of nitrogens with zero attached hydrogens (tertiary/aromatic N) is 1. The van der Waals surface area contributed by atoms with Crippen LogP contribution in [0.15, 0.2) is 72.8 Å². The van der Waals surface area contributed by atoms with Crippen LogP contribution in [0.4, 0.5) is 0 Å². The molecule has 8 heteroatoms. The average molecular weight is 532 g/mol. The number of hydrogen-bond donors (Lipinski definition) is 1. The van der Waals surface area contributed by atoms with Crippen molar-refractivity contribution < 1.29 is 9.59 Å². The summed E-state index contributed by atoms with van der Waals surface area (Å²) in [6, 6.07) is 23.0. The first-order valence-corrected chi connectivity index (χ1v) is 13.8. The van der Waals surface area contributed by atoms with Gasteiger partial charge in [-0.15, -0.1) is 11.8 Å². The summed E-state index contributed by atoms with van der Waals surface area (Å²) in [5, 5.41) is 4.23. The van der Waals surface area contributed by atoms with Crippen molar-refractivity contribution >= 4 is 58.5 Å². The van der Waals surface area contributed by atoms with Gasteiger partial charge in [-0.3, -0.25) is 9.59 Å². The van der Waals surface area contributed by atoms with Gasteiger partial charge in [0.1, 0.15) is 5.37 Å². The molecule has 34 heavy (non-hydrogen) atoms. The summed E-state index contributed by atoms with van der Waals surface area (Å²) in [6.45, 7) is 1.13. The van der Waals surface area contributed by atoms with Gasteiger partial charge in [-0.25, -0.2) is 0 Å². The molecule has 0 aromatic heterocycles. The summed E-state index contributed by atoms with van der Waals surface area (Å²) < 4.78 is 0. The van der Waals surface area contributed by atoms with Gasteiger partial charge in [0, 0.05) is 40.2 Å². The number of thioether (sulfide) groups is 2. The number of amides is 2. The molecule has 176 valence electrons. The lowest BCUT2D eigenvalue weighted by Gasteiger charge is -2.24. The standard InChI is InChI=1S/C26H24Cl2N2O2S2/c27-22-7-4-8-23(28)21(22)16-33-14-13-29-25(32)19-9-11-20(12-10-19)26-30(24(31)17-34-26)15-18-5-2-1-3-6-18/h1-12,26H,13-17H2,(H,29,32)/t26-/m0/s1. The molecule has 1 heterocycles. The molecule has 0 saturated carbocycles. The lowest BCUT2D eigenvalue weighted by molar-refractivity contribution is -0.128. The van der Waals surface area contributed by atoms with Gasteiger partial charge in [0.2, 0.25) is 5.91 Å². The van der Waals surface area contributed by atoms with Crippen LogP contribution in [-0.4, -0.2) is 34.8 Å². The molecule has 1 fully saturated rings. The van der Waals surface area contributed by atoms with Gasteiger partial charge in [-0.1, -0.05) is 71.7 Å². The number of carbonyl (C=O) groups is 2. The molecule has 0 unspecified atom stereocenters. The van der Waals surface area contributed by atoms with Crippen LogP contribution in [0.2, 0.25) is 10.0 Å². The Balaban J connectivity index is 1.28. The van der Waals surface area contributed by atoms with E-state index in [1.54, 1.807) is 23.5 Å². The monoisotopic (exact) mass is 530 g/mol. The Morgan fingerprint density at radius 2 is 1.71 bits per heavy atom. The molecule has 3 aromatic rings. The van der Waals surface area contributed by atoms with Crippen molar-refractivity contribution in [2.24, 2.45) is 0 Å². The summed E-state index contributed by atoms with van der Waals surface area (Å²) >= 11 is 15.7. The van der Waals surface area contributed by atoms with Crippen molar-refractivity contribution in [3.8, 4) is 0 Å². The molecular weight excluding hydrogens is 507 g/mol. The maximum atomic E-state index is 12.5. The van der Waals surface area contributed by atoms with Crippen molar-refractivity contribution in [1.29, 1.82) is 0 Å². The molecule has 1 aliphatic heterocycles. The fourth-order valence-corrected chi connectivity index (χ4v) is 6.45. The maximum absolute atomic E-state index is 12.5. The minimum atomic E-state index is -0.112. The first-order chi connectivity index (χ1) is 16.5. The van der Waals surface area contributed by atoms with E-state index < -0.39 is 0 Å². The van der Waals surface area contributed by atoms with Crippen LogP contribution in [0.3, 0.4) is 0 Å². The second kappa shape index (κ2) is 12.0. The van der Waals surface area contributed by atoms with Crippen LogP contribution in [0.5, 0.6) is 0 Å². The van der Waals surface area contributed by atoms with E-state index in [1.165, 1.54) is 0 Å². The van der Waals surface area contributed by atoms with E-state index in [4.69, 9.17) is 23.2 Å². The minimum absolute atomic E-state index is 0.0437. The second-order valence-electron chi connectivity index (χ2n) is 7.80. The number of rotatable bonds is 9. The zero-order valence-corrected chi connectivity index (χ0v) is 21.5. The zero-order valence-electron chi connectivity index (χ0n) is 18.4. The summed E-state index contributed by atoms with van der Waals surface area (Å²) in [5.74, 6) is 1.94. The molecule has 2 amide bonds. The van der Waals surface area contributed by atoms with E-state index in [2.05, 4.69) is 5.32 Å². The largest absolute Gasteiger partial charge is 0.351 e. The van der Waals surface area contributed by atoms with Crippen LogP contribution in [0.1, 0.15) is 32.4 Å². The molecule has 1 saturated heterocycles. The third-order valence-electron chi connectivity index (χ3n) is 5.46. The van der Waals surface area contributed by atoms with Gasteiger partial charge in [0.15, 0.2) is 0 Å². The van der Waals surface area contributed by atoms with Gasteiger partial charge in [-0.2, -0.15) is 11.8 Å². The van der Waals surface area contributed by atoms with E-state index in [0.717, 1.165) is 22.4 Å². The van der Waals surface area contributed by atoms with Gasteiger partial charge in [0.05, 0.1) is 5.75 Å². The van der Waals surface area contributed by atoms with Crippen molar-refractivity contribution in [2.75, 3.05) is 18.1 Å². The average Bonchev–Trinajstić information content (AvgIpc) is 3.21. The van der Waals surface area contributed by atoms with E-state index in [1.807, 2.05) is 77.7 Å². The molecule has 3 aromatic carbocycles. The number of carbonyl (C=O) groups excluding carboxylic acids is 2. The topological polar surface area (TPSA) is 49.4 Å². The molecule has 1 atom stereocenters. The summed E-state index contributed by atoms with van der Waals surface area (Å²) in [6.07, 6.45) is 0. The summed E-state index contributed by atoms with van der Waals surface area (Å²) in [4.78, 5) is 26.9. The first kappa shape index (κ1) is 25.0.